The largest absolute Gasteiger partial charge is 0.352 e. The first kappa shape index (κ1) is 16.1. The van der Waals surface area contributed by atoms with Gasteiger partial charge >= 0.3 is 0 Å². The van der Waals surface area contributed by atoms with Crippen molar-refractivity contribution in [3.8, 4) is 0 Å². The highest BCUT2D eigenvalue weighted by molar-refractivity contribution is 7.98. The first-order valence-electron chi connectivity index (χ1n) is 6.94. The number of methoxy groups -OCH3 is 2. The highest BCUT2D eigenvalue weighted by Crippen LogP contribution is 2.26. The molecule has 0 aliphatic heterocycles. The third-order valence-electron chi connectivity index (χ3n) is 3.27. The number of hydrogen-bond acceptors (Lipinski definition) is 4. The topological polar surface area (TPSA) is 36.3 Å². The van der Waals surface area contributed by atoms with Crippen LogP contribution in [0.3, 0.4) is 0 Å². The molecule has 5 heteroatoms. The summed E-state index contributed by atoms with van der Waals surface area (Å²) in [5.74, 6) is 0.912. The van der Waals surface area contributed by atoms with E-state index in [2.05, 4.69) is 35.5 Å². The Morgan fingerprint density at radius 2 is 1.81 bits per heavy atom. The van der Waals surface area contributed by atoms with E-state index in [1.54, 1.807) is 26.0 Å². The summed E-state index contributed by atoms with van der Waals surface area (Å²) in [5, 5.41) is 0. The van der Waals surface area contributed by atoms with Crippen LogP contribution in [0.5, 0.6) is 0 Å². The molecule has 0 bridgehead atoms. The molecule has 21 heavy (non-hydrogen) atoms. The zero-order valence-corrected chi connectivity index (χ0v) is 13.8. The first-order chi connectivity index (χ1) is 10.2. The van der Waals surface area contributed by atoms with Crippen LogP contribution in [-0.2, 0) is 15.2 Å². The molecule has 0 aliphatic carbocycles. The molecule has 1 aromatic heterocycles. The van der Waals surface area contributed by atoms with Gasteiger partial charge in [0.05, 0.1) is 6.33 Å². The van der Waals surface area contributed by atoms with E-state index in [9.17, 15) is 0 Å². The van der Waals surface area contributed by atoms with Gasteiger partial charge in [-0.15, -0.1) is 11.8 Å². The average molecular weight is 306 g/mol. The third kappa shape index (κ3) is 4.09. The van der Waals surface area contributed by atoms with E-state index in [-0.39, 0.29) is 6.29 Å². The minimum atomic E-state index is -0.300. The summed E-state index contributed by atoms with van der Waals surface area (Å²) in [6, 6.07) is 8.72. The Morgan fingerprint density at radius 1 is 1.14 bits per heavy atom. The number of ether oxygens (including phenoxy) is 2. The summed E-state index contributed by atoms with van der Waals surface area (Å²) in [6.07, 6.45) is 3.53. The molecule has 0 unspecified atom stereocenters. The molecule has 4 nitrogen and oxygen atoms in total. The van der Waals surface area contributed by atoms with Crippen molar-refractivity contribution in [1.29, 1.82) is 0 Å². The fourth-order valence-electron chi connectivity index (χ4n) is 2.16. The van der Waals surface area contributed by atoms with Gasteiger partial charge in [-0.05, 0) is 26.0 Å². The van der Waals surface area contributed by atoms with E-state index in [1.807, 2.05) is 24.7 Å². The van der Waals surface area contributed by atoms with Crippen LogP contribution >= 0.6 is 11.8 Å². The van der Waals surface area contributed by atoms with Gasteiger partial charge in [0.2, 0.25) is 0 Å². The summed E-state index contributed by atoms with van der Waals surface area (Å²) in [4.78, 5) is 5.46. The van der Waals surface area contributed by atoms with Crippen molar-refractivity contribution >= 4 is 11.8 Å². The predicted molar refractivity (Wildman–Crippen MR) is 85.4 cm³/mol. The zero-order valence-electron chi connectivity index (χ0n) is 12.9. The minimum absolute atomic E-state index is 0.300. The quantitative estimate of drug-likeness (QED) is 0.571. The summed E-state index contributed by atoms with van der Waals surface area (Å²) < 4.78 is 12.7. The lowest BCUT2D eigenvalue weighted by Crippen LogP contribution is -2.03. The fourth-order valence-corrected chi connectivity index (χ4v) is 3.02. The van der Waals surface area contributed by atoms with Crippen LogP contribution in [0.25, 0.3) is 0 Å². The average Bonchev–Trinajstić information content (AvgIpc) is 2.96. The molecule has 0 amide bonds. The lowest BCUT2D eigenvalue weighted by Gasteiger charge is -2.14. The Morgan fingerprint density at radius 3 is 2.38 bits per heavy atom. The maximum absolute atomic E-state index is 5.25. The number of benzene rings is 1. The maximum atomic E-state index is 5.25. The van der Waals surface area contributed by atoms with Gasteiger partial charge in [-0.1, -0.05) is 12.1 Å². The van der Waals surface area contributed by atoms with Gasteiger partial charge in [-0.25, -0.2) is 4.98 Å². The molecule has 0 radical (unpaired) electrons. The number of imidazole rings is 1. The van der Waals surface area contributed by atoms with Gasteiger partial charge in [0.1, 0.15) is 0 Å². The van der Waals surface area contributed by atoms with Crippen molar-refractivity contribution in [1.82, 2.24) is 9.55 Å². The number of hydrogen-bond donors (Lipinski definition) is 0. The molecule has 1 heterocycles. The monoisotopic (exact) mass is 306 g/mol. The second kappa shape index (κ2) is 7.64. The highest BCUT2D eigenvalue weighted by Gasteiger charge is 2.09. The van der Waals surface area contributed by atoms with Crippen molar-refractivity contribution < 1.29 is 9.47 Å². The van der Waals surface area contributed by atoms with Crippen LogP contribution < -0.4 is 0 Å². The Kier molecular flexibility index (Phi) is 5.85. The summed E-state index contributed by atoms with van der Waals surface area (Å²) >= 11 is 1.80. The second-order valence-corrected chi connectivity index (χ2v) is 6.10. The molecule has 2 rings (SSSR count). The molecule has 1 aromatic carbocycles. The second-order valence-electron chi connectivity index (χ2n) is 5.05. The van der Waals surface area contributed by atoms with Gasteiger partial charge in [-0.2, -0.15) is 0 Å². The van der Waals surface area contributed by atoms with Crippen LogP contribution in [-0.4, -0.2) is 23.8 Å². The normalized spacial score (nSPS) is 11.5. The Bertz CT molecular complexity index is 548. The Balaban J connectivity index is 1.99. The zero-order chi connectivity index (χ0) is 15.2. The molecule has 114 valence electrons. The number of aromatic nitrogens is 2. The molecule has 0 saturated carbocycles. The predicted octanol–water partition coefficient (Wildman–Crippen LogP) is 4.05. The molecule has 0 atom stereocenters. The van der Waals surface area contributed by atoms with Crippen LogP contribution in [0.4, 0.5) is 0 Å². The molecule has 0 aliphatic rings. The van der Waals surface area contributed by atoms with Crippen molar-refractivity contribution in [2.45, 2.75) is 36.8 Å². The number of nitrogens with zero attached hydrogens (tertiary/aromatic N) is 2. The SMILES string of the molecule is COC(OC)c1ccc(SCc2cncn2C(C)C)cc1. The smallest absolute Gasteiger partial charge is 0.183 e. The maximum Gasteiger partial charge on any atom is 0.183 e. The van der Waals surface area contributed by atoms with E-state index in [0.717, 1.165) is 11.3 Å². The van der Waals surface area contributed by atoms with E-state index in [4.69, 9.17) is 9.47 Å². The lowest BCUT2D eigenvalue weighted by atomic mass is 10.2. The first-order valence-corrected chi connectivity index (χ1v) is 7.93. The molecular formula is C16H22N2O2S. The lowest BCUT2D eigenvalue weighted by molar-refractivity contribution is -0.106. The summed E-state index contributed by atoms with van der Waals surface area (Å²) in [5.41, 5.74) is 2.27. The van der Waals surface area contributed by atoms with Crippen molar-refractivity contribution in [2.75, 3.05) is 14.2 Å². The molecular weight excluding hydrogens is 284 g/mol. The van der Waals surface area contributed by atoms with E-state index in [0.29, 0.717) is 6.04 Å². The van der Waals surface area contributed by atoms with Crippen LogP contribution in [0, 0.1) is 0 Å². The Hall–Kier alpha value is -1.30. The number of rotatable bonds is 7. The standard InChI is InChI=1S/C16H22N2O2S/c1-12(2)18-11-17-9-14(18)10-21-15-7-5-13(6-8-15)16(19-3)20-4/h5-9,11-12,16H,10H2,1-4H3. The van der Waals surface area contributed by atoms with E-state index >= 15 is 0 Å². The van der Waals surface area contributed by atoms with Gasteiger partial charge < -0.3 is 14.0 Å². The third-order valence-corrected chi connectivity index (χ3v) is 4.32. The van der Waals surface area contributed by atoms with Gasteiger partial charge in [0.15, 0.2) is 6.29 Å². The highest BCUT2D eigenvalue weighted by atomic mass is 32.2. The Labute approximate surface area is 130 Å². The van der Waals surface area contributed by atoms with Gasteiger partial charge in [0, 0.05) is 48.4 Å². The molecule has 0 spiro atoms. The van der Waals surface area contributed by atoms with Crippen molar-refractivity contribution in [3.63, 3.8) is 0 Å². The van der Waals surface area contributed by atoms with Gasteiger partial charge in [-0.3, -0.25) is 0 Å². The van der Waals surface area contributed by atoms with Crippen LogP contribution in [0.1, 0.15) is 37.4 Å². The van der Waals surface area contributed by atoms with Crippen LogP contribution in [0.15, 0.2) is 41.7 Å². The molecule has 2 aromatic rings. The molecule has 0 saturated heterocycles. The summed E-state index contributed by atoms with van der Waals surface area (Å²) in [7, 11) is 3.29. The minimum Gasteiger partial charge on any atom is -0.352 e. The number of thioether (sulfide) groups is 1. The fraction of sp³-hybridized carbons (Fsp3) is 0.438. The van der Waals surface area contributed by atoms with E-state index < -0.39 is 0 Å². The van der Waals surface area contributed by atoms with Crippen molar-refractivity contribution in [2.24, 2.45) is 0 Å². The van der Waals surface area contributed by atoms with E-state index in [1.165, 1.54) is 10.6 Å². The summed E-state index contributed by atoms with van der Waals surface area (Å²) in [6.45, 7) is 4.33. The molecule has 0 N–H and O–H groups in total. The van der Waals surface area contributed by atoms with Crippen LogP contribution in [0.2, 0.25) is 0 Å². The van der Waals surface area contributed by atoms with Crippen molar-refractivity contribution in [3.05, 3.63) is 48.0 Å². The van der Waals surface area contributed by atoms with Gasteiger partial charge in [0.25, 0.3) is 0 Å². The molecule has 0 fully saturated rings.